The van der Waals surface area contributed by atoms with Crippen LogP contribution in [0.25, 0.3) is 0 Å². The quantitative estimate of drug-likeness (QED) is 0.899. The van der Waals surface area contributed by atoms with E-state index in [-0.39, 0.29) is 18.2 Å². The second kappa shape index (κ2) is 5.26. The van der Waals surface area contributed by atoms with Crippen molar-refractivity contribution in [2.45, 2.75) is 6.92 Å². The number of hydrogen-bond donors (Lipinski definition) is 1. The Balaban J connectivity index is 2.92. The number of aliphatic hydroxyl groups is 1. The summed E-state index contributed by atoms with van der Waals surface area (Å²) in [6, 6.07) is 1.36. The molecule has 1 aromatic heterocycles. The first-order valence-electron chi connectivity index (χ1n) is 4.36. The van der Waals surface area contributed by atoms with Crippen LogP contribution in [0.15, 0.2) is 16.7 Å². The number of nitrogens with zero attached hydrogens (tertiary/aromatic N) is 2. The predicted molar refractivity (Wildman–Crippen MR) is 56.9 cm³/mol. The summed E-state index contributed by atoms with van der Waals surface area (Å²) < 4.78 is 14.0. The molecule has 0 saturated heterocycles. The fraction of sp³-hybridized carbons (Fsp3) is 0.444. The minimum Gasteiger partial charge on any atom is -0.395 e. The molecule has 14 heavy (non-hydrogen) atoms. The first kappa shape index (κ1) is 11.4. The van der Waals surface area contributed by atoms with Gasteiger partial charge in [0, 0.05) is 23.8 Å². The molecule has 0 fully saturated rings. The van der Waals surface area contributed by atoms with Gasteiger partial charge in [0.1, 0.15) is 0 Å². The van der Waals surface area contributed by atoms with E-state index in [0.717, 1.165) is 0 Å². The molecule has 0 radical (unpaired) electrons. The Morgan fingerprint density at radius 3 is 2.86 bits per heavy atom. The monoisotopic (exact) mass is 262 g/mol. The summed E-state index contributed by atoms with van der Waals surface area (Å²) in [6.07, 6.45) is 1.54. The van der Waals surface area contributed by atoms with E-state index in [2.05, 4.69) is 20.9 Å². The third-order valence-corrected chi connectivity index (χ3v) is 2.27. The van der Waals surface area contributed by atoms with Gasteiger partial charge in [0.25, 0.3) is 0 Å². The number of rotatable bonds is 4. The van der Waals surface area contributed by atoms with Crippen LogP contribution in [-0.2, 0) is 0 Å². The maximum absolute atomic E-state index is 13.4. The van der Waals surface area contributed by atoms with Gasteiger partial charge in [-0.1, -0.05) is 0 Å². The Kier molecular flexibility index (Phi) is 4.28. The maximum atomic E-state index is 13.4. The molecule has 1 aromatic rings. The Morgan fingerprint density at radius 1 is 1.64 bits per heavy atom. The average molecular weight is 263 g/mol. The number of halogens is 2. The van der Waals surface area contributed by atoms with Crippen molar-refractivity contribution < 1.29 is 9.50 Å². The smallest absolute Gasteiger partial charge is 0.166 e. The van der Waals surface area contributed by atoms with Gasteiger partial charge in [-0.25, -0.2) is 9.37 Å². The van der Waals surface area contributed by atoms with Crippen LogP contribution in [0.5, 0.6) is 0 Å². The number of likely N-dealkylation sites (N-methyl/N-ethyl adjacent to an activating group) is 1. The molecule has 0 amide bonds. The highest BCUT2D eigenvalue weighted by Gasteiger charge is 2.10. The minimum atomic E-state index is -0.380. The van der Waals surface area contributed by atoms with E-state index in [9.17, 15) is 4.39 Å². The highest BCUT2D eigenvalue weighted by molar-refractivity contribution is 9.10. The van der Waals surface area contributed by atoms with Crippen molar-refractivity contribution in [3.05, 3.63) is 22.6 Å². The van der Waals surface area contributed by atoms with Crippen molar-refractivity contribution in [1.29, 1.82) is 0 Å². The Labute approximate surface area is 90.7 Å². The Morgan fingerprint density at radius 2 is 2.36 bits per heavy atom. The molecule has 1 rings (SSSR count). The number of hydrogen-bond acceptors (Lipinski definition) is 3. The molecule has 1 heterocycles. The number of aliphatic hydroxyl groups excluding tert-OH is 1. The fourth-order valence-corrected chi connectivity index (χ4v) is 1.48. The van der Waals surface area contributed by atoms with Crippen molar-refractivity contribution >= 4 is 21.7 Å². The van der Waals surface area contributed by atoms with E-state index in [1.807, 2.05) is 6.92 Å². The first-order valence-corrected chi connectivity index (χ1v) is 5.15. The van der Waals surface area contributed by atoms with Gasteiger partial charge in [0.05, 0.1) is 6.61 Å². The van der Waals surface area contributed by atoms with Crippen LogP contribution < -0.4 is 4.90 Å². The molecule has 3 nitrogen and oxygen atoms in total. The molecule has 0 aliphatic heterocycles. The second-order valence-corrected chi connectivity index (χ2v) is 3.68. The molecule has 0 bridgehead atoms. The van der Waals surface area contributed by atoms with E-state index >= 15 is 0 Å². The van der Waals surface area contributed by atoms with Gasteiger partial charge in [-0.15, -0.1) is 0 Å². The molecular weight excluding hydrogens is 251 g/mol. The van der Waals surface area contributed by atoms with Gasteiger partial charge in [0.15, 0.2) is 11.6 Å². The van der Waals surface area contributed by atoms with E-state index in [1.165, 1.54) is 6.07 Å². The van der Waals surface area contributed by atoms with E-state index in [1.54, 1.807) is 11.1 Å². The lowest BCUT2D eigenvalue weighted by Gasteiger charge is -2.20. The van der Waals surface area contributed by atoms with Crippen LogP contribution in [0.3, 0.4) is 0 Å². The lowest BCUT2D eigenvalue weighted by atomic mass is 10.4. The van der Waals surface area contributed by atoms with Crippen LogP contribution in [0.2, 0.25) is 0 Å². The Bertz CT molecular complexity index is 309. The third kappa shape index (κ3) is 2.65. The molecule has 0 aliphatic carbocycles. The minimum absolute atomic E-state index is 0.00890. The SMILES string of the molecule is CCN(CCO)c1ncc(Br)cc1F. The van der Waals surface area contributed by atoms with Crippen molar-refractivity contribution in [1.82, 2.24) is 4.98 Å². The van der Waals surface area contributed by atoms with Crippen LogP contribution in [-0.4, -0.2) is 29.8 Å². The zero-order chi connectivity index (χ0) is 10.6. The van der Waals surface area contributed by atoms with E-state index in [0.29, 0.717) is 17.6 Å². The van der Waals surface area contributed by atoms with Crippen molar-refractivity contribution in [3.63, 3.8) is 0 Å². The number of aromatic nitrogens is 1. The lowest BCUT2D eigenvalue weighted by Crippen LogP contribution is -2.27. The topological polar surface area (TPSA) is 36.4 Å². The van der Waals surface area contributed by atoms with Gasteiger partial charge < -0.3 is 10.0 Å². The molecule has 0 atom stereocenters. The molecular formula is C9H12BrFN2O. The van der Waals surface area contributed by atoms with Gasteiger partial charge in [-0.3, -0.25) is 0 Å². The zero-order valence-electron chi connectivity index (χ0n) is 7.87. The molecule has 0 aliphatic rings. The molecule has 0 unspecified atom stereocenters. The summed E-state index contributed by atoms with van der Waals surface area (Å²) >= 11 is 3.14. The zero-order valence-corrected chi connectivity index (χ0v) is 9.46. The highest BCUT2D eigenvalue weighted by Crippen LogP contribution is 2.19. The first-order chi connectivity index (χ1) is 6.69. The molecule has 0 saturated carbocycles. The molecule has 0 aromatic carbocycles. The molecule has 1 N–H and O–H groups in total. The summed E-state index contributed by atoms with van der Waals surface area (Å²) in [4.78, 5) is 5.64. The van der Waals surface area contributed by atoms with Crippen molar-refractivity contribution in [2.75, 3.05) is 24.6 Å². The third-order valence-electron chi connectivity index (χ3n) is 1.84. The highest BCUT2D eigenvalue weighted by atomic mass is 79.9. The summed E-state index contributed by atoms with van der Waals surface area (Å²) in [7, 11) is 0. The van der Waals surface area contributed by atoms with Gasteiger partial charge in [0.2, 0.25) is 0 Å². The van der Waals surface area contributed by atoms with Crippen molar-refractivity contribution in [2.24, 2.45) is 0 Å². The number of pyridine rings is 1. The average Bonchev–Trinajstić information content (AvgIpc) is 2.15. The predicted octanol–water partition coefficient (Wildman–Crippen LogP) is 1.80. The van der Waals surface area contributed by atoms with Crippen LogP contribution >= 0.6 is 15.9 Å². The summed E-state index contributed by atoms with van der Waals surface area (Å²) in [6.45, 7) is 2.89. The largest absolute Gasteiger partial charge is 0.395 e. The summed E-state index contributed by atoms with van der Waals surface area (Å²) in [5.74, 6) is -0.0978. The van der Waals surface area contributed by atoms with Crippen LogP contribution in [0.4, 0.5) is 10.2 Å². The molecule has 5 heteroatoms. The van der Waals surface area contributed by atoms with E-state index < -0.39 is 0 Å². The second-order valence-electron chi connectivity index (χ2n) is 2.76. The fourth-order valence-electron chi connectivity index (χ4n) is 1.17. The Hall–Kier alpha value is -0.680. The summed E-state index contributed by atoms with van der Waals surface area (Å²) in [5, 5.41) is 8.77. The lowest BCUT2D eigenvalue weighted by molar-refractivity contribution is 0.301. The standard InChI is InChI=1S/C9H12BrFN2O/c1-2-13(3-4-14)9-8(11)5-7(10)6-12-9/h5-6,14H,2-4H2,1H3. The molecule has 0 spiro atoms. The van der Waals surface area contributed by atoms with Crippen LogP contribution in [0.1, 0.15) is 6.92 Å². The van der Waals surface area contributed by atoms with Crippen molar-refractivity contribution in [3.8, 4) is 0 Å². The van der Waals surface area contributed by atoms with E-state index in [4.69, 9.17) is 5.11 Å². The summed E-state index contributed by atoms with van der Waals surface area (Å²) in [5.41, 5.74) is 0. The van der Waals surface area contributed by atoms with Gasteiger partial charge in [-0.2, -0.15) is 0 Å². The van der Waals surface area contributed by atoms with Gasteiger partial charge >= 0.3 is 0 Å². The number of anilines is 1. The van der Waals surface area contributed by atoms with Crippen LogP contribution in [0, 0.1) is 5.82 Å². The van der Waals surface area contributed by atoms with Gasteiger partial charge in [-0.05, 0) is 28.9 Å². The maximum Gasteiger partial charge on any atom is 0.166 e. The normalized spacial score (nSPS) is 10.3. The molecule has 78 valence electrons.